The zero-order valence-electron chi connectivity index (χ0n) is 10.5. The molecule has 4 aliphatic rings. The first-order valence-electron chi connectivity index (χ1n) is 6.66. The summed E-state index contributed by atoms with van der Waals surface area (Å²) in [4.78, 5) is 9.02. The molecule has 0 radical (unpaired) electrons. The van der Waals surface area contributed by atoms with Gasteiger partial charge in [-0.3, -0.25) is 4.79 Å². The Hall–Kier alpha value is -0.230. The molecule has 0 aromatic carbocycles. The van der Waals surface area contributed by atoms with Gasteiger partial charge in [0, 0.05) is 0 Å². The molecule has 0 aromatic rings. The zero-order valence-corrected chi connectivity index (χ0v) is 12.1. The monoisotopic (exact) mass is 338 g/mol. The highest BCUT2D eigenvalue weighted by molar-refractivity contribution is 9.10. The third-order valence-electron chi connectivity index (χ3n) is 4.83. The molecule has 3 nitrogen and oxygen atoms in total. The van der Waals surface area contributed by atoms with Crippen LogP contribution in [-0.4, -0.2) is 28.1 Å². The maximum absolute atomic E-state index is 12.7. The van der Waals surface area contributed by atoms with Gasteiger partial charge in [0.1, 0.15) is 0 Å². The molecule has 0 spiro atoms. The molecule has 4 aliphatic carbocycles. The Balaban J connectivity index is 1.74. The first-order chi connectivity index (χ1) is 8.70. The number of aliphatic hydroxyl groups is 1. The Morgan fingerprint density at radius 3 is 2.37 bits per heavy atom. The summed E-state index contributed by atoms with van der Waals surface area (Å²) in [6.07, 6.45) is 4.27. The van der Waals surface area contributed by atoms with Gasteiger partial charge in [-0.15, -0.1) is 0 Å². The van der Waals surface area contributed by atoms with Crippen LogP contribution in [-0.2, 0) is 9.53 Å². The quantitative estimate of drug-likeness (QED) is 0.635. The number of ether oxygens (including phenoxy) is 1. The summed E-state index contributed by atoms with van der Waals surface area (Å²) >= 11 is 2.17. The summed E-state index contributed by atoms with van der Waals surface area (Å²) in [5, 5.41) is 10.5. The number of carbonyl (C=O) groups excluding carboxylic acids is 1. The van der Waals surface area contributed by atoms with Crippen LogP contribution >= 0.6 is 15.9 Å². The lowest BCUT2D eigenvalue weighted by Gasteiger charge is -2.58. The second-order valence-electron chi connectivity index (χ2n) is 6.66. The van der Waals surface area contributed by atoms with Gasteiger partial charge in [-0.05, 0) is 66.3 Å². The van der Waals surface area contributed by atoms with Gasteiger partial charge in [-0.1, -0.05) is 0 Å². The second-order valence-corrected chi connectivity index (χ2v) is 7.82. The van der Waals surface area contributed by atoms with Gasteiger partial charge in [0.05, 0.1) is 11.0 Å². The van der Waals surface area contributed by atoms with E-state index in [4.69, 9.17) is 4.74 Å². The van der Waals surface area contributed by atoms with Crippen LogP contribution in [0.4, 0.5) is 8.78 Å². The van der Waals surface area contributed by atoms with Gasteiger partial charge < -0.3 is 9.84 Å². The molecule has 2 atom stereocenters. The Morgan fingerprint density at radius 2 is 1.89 bits per heavy atom. The lowest BCUT2D eigenvalue weighted by atomic mass is 9.48. The van der Waals surface area contributed by atoms with Crippen LogP contribution in [0, 0.1) is 17.3 Å². The van der Waals surface area contributed by atoms with E-state index in [2.05, 4.69) is 15.9 Å². The molecule has 0 saturated heterocycles. The molecule has 4 fully saturated rings. The molecule has 0 amide bonds. The maximum atomic E-state index is 12.7. The number of hydrogen-bond donors (Lipinski definition) is 1. The van der Waals surface area contributed by atoms with Crippen LogP contribution in [0.1, 0.15) is 38.5 Å². The predicted molar refractivity (Wildman–Crippen MR) is 66.9 cm³/mol. The normalized spacial score (nSPS) is 44.4. The fraction of sp³-hybridized carbons (Fsp3) is 0.923. The van der Waals surface area contributed by atoms with Crippen molar-refractivity contribution >= 4 is 21.9 Å². The van der Waals surface area contributed by atoms with Crippen molar-refractivity contribution in [2.75, 3.05) is 6.61 Å². The van der Waals surface area contributed by atoms with Crippen LogP contribution in [0.3, 0.4) is 0 Å². The lowest BCUT2D eigenvalue weighted by Crippen LogP contribution is -2.58. The van der Waals surface area contributed by atoms with Gasteiger partial charge in [-0.2, -0.15) is 8.78 Å². The van der Waals surface area contributed by atoms with Crippen LogP contribution in [0.2, 0.25) is 0 Å². The zero-order chi connectivity index (χ0) is 13.9. The fourth-order valence-corrected chi connectivity index (χ4v) is 4.87. The van der Waals surface area contributed by atoms with E-state index in [1.165, 1.54) is 0 Å². The van der Waals surface area contributed by atoms with E-state index < -0.39 is 28.4 Å². The van der Waals surface area contributed by atoms with Crippen molar-refractivity contribution in [2.45, 2.75) is 49.0 Å². The molecule has 108 valence electrons. The van der Waals surface area contributed by atoms with Crippen molar-refractivity contribution < 1.29 is 23.4 Å². The maximum Gasteiger partial charge on any atom is 0.334 e. The third kappa shape index (κ3) is 2.53. The molecule has 4 saturated carbocycles. The van der Waals surface area contributed by atoms with Gasteiger partial charge in [0.25, 0.3) is 0 Å². The number of esters is 1. The number of carbonyl (C=O) groups is 1. The smallest absolute Gasteiger partial charge is 0.334 e. The van der Waals surface area contributed by atoms with Gasteiger partial charge >= 0.3 is 10.8 Å². The van der Waals surface area contributed by atoms with Crippen molar-refractivity contribution in [3.63, 3.8) is 0 Å². The van der Waals surface area contributed by atoms with Crippen molar-refractivity contribution in [3.8, 4) is 0 Å². The number of hydrogen-bond acceptors (Lipinski definition) is 3. The van der Waals surface area contributed by atoms with Crippen LogP contribution in [0.5, 0.6) is 0 Å². The molecular formula is C13H17BrF2O3. The molecular weight excluding hydrogens is 322 g/mol. The minimum Gasteiger partial charge on any atom is -0.458 e. The average Bonchev–Trinajstić information content (AvgIpc) is 2.21. The van der Waals surface area contributed by atoms with Crippen molar-refractivity contribution in [1.29, 1.82) is 0 Å². The molecule has 1 N–H and O–H groups in total. The summed E-state index contributed by atoms with van der Waals surface area (Å²) in [5.74, 6) is 0.116. The SMILES string of the molecule is O=C(OCC(F)(F)Br)C12CC3CC(CC(O)(C3)C1)C2. The van der Waals surface area contributed by atoms with E-state index in [-0.39, 0.29) is 0 Å². The van der Waals surface area contributed by atoms with E-state index in [0.717, 1.165) is 19.3 Å². The highest BCUT2D eigenvalue weighted by atomic mass is 79.9. The summed E-state index contributed by atoms with van der Waals surface area (Å²) in [5.41, 5.74) is -1.50. The van der Waals surface area contributed by atoms with Crippen LogP contribution in [0.15, 0.2) is 0 Å². The average molecular weight is 339 g/mol. The topological polar surface area (TPSA) is 46.5 Å². The van der Waals surface area contributed by atoms with Crippen molar-refractivity contribution in [2.24, 2.45) is 17.3 Å². The Kier molecular flexibility index (Phi) is 2.99. The van der Waals surface area contributed by atoms with E-state index in [0.29, 0.717) is 31.1 Å². The molecule has 4 rings (SSSR count). The molecule has 0 aromatic heterocycles. The van der Waals surface area contributed by atoms with E-state index in [1.807, 2.05) is 0 Å². The van der Waals surface area contributed by atoms with Gasteiger partial charge in [-0.25, -0.2) is 0 Å². The Bertz CT molecular complexity index is 393. The largest absolute Gasteiger partial charge is 0.458 e. The molecule has 2 unspecified atom stereocenters. The predicted octanol–water partition coefficient (Wildman–Crippen LogP) is 2.85. The first kappa shape index (κ1) is 13.7. The van der Waals surface area contributed by atoms with Crippen molar-refractivity contribution in [1.82, 2.24) is 0 Å². The molecule has 4 bridgehead atoms. The molecule has 0 aliphatic heterocycles. The number of alkyl halides is 3. The van der Waals surface area contributed by atoms with Gasteiger partial charge in [0.2, 0.25) is 0 Å². The highest BCUT2D eigenvalue weighted by Crippen LogP contribution is 2.62. The molecule has 0 heterocycles. The van der Waals surface area contributed by atoms with E-state index in [1.54, 1.807) is 0 Å². The first-order valence-corrected chi connectivity index (χ1v) is 7.45. The Labute approximate surface area is 118 Å². The molecule has 6 heteroatoms. The number of rotatable bonds is 3. The summed E-state index contributed by atoms with van der Waals surface area (Å²) in [6.45, 7) is -0.943. The number of halogens is 3. The minimum atomic E-state index is -3.18. The summed E-state index contributed by atoms with van der Waals surface area (Å²) in [7, 11) is 0. The summed E-state index contributed by atoms with van der Waals surface area (Å²) < 4.78 is 30.2. The third-order valence-corrected chi connectivity index (χ3v) is 5.06. The Morgan fingerprint density at radius 1 is 1.32 bits per heavy atom. The fourth-order valence-electron chi connectivity index (χ4n) is 4.75. The summed E-state index contributed by atoms with van der Waals surface area (Å²) in [6, 6.07) is 0. The van der Waals surface area contributed by atoms with E-state index in [9.17, 15) is 18.7 Å². The van der Waals surface area contributed by atoms with Gasteiger partial charge in [0.15, 0.2) is 6.61 Å². The van der Waals surface area contributed by atoms with Crippen LogP contribution in [0.25, 0.3) is 0 Å². The highest BCUT2D eigenvalue weighted by Gasteiger charge is 2.61. The van der Waals surface area contributed by atoms with Crippen molar-refractivity contribution in [3.05, 3.63) is 0 Å². The lowest BCUT2D eigenvalue weighted by molar-refractivity contribution is -0.199. The molecule has 19 heavy (non-hydrogen) atoms. The second kappa shape index (κ2) is 4.13. The standard InChI is InChI=1S/C13H17BrF2O3/c14-13(15,16)7-19-10(17)11-2-8-1-9(3-11)5-12(18,4-8)6-11/h8-9,18H,1-7H2. The van der Waals surface area contributed by atoms with E-state index >= 15 is 0 Å². The minimum absolute atomic E-state index is 0.336. The van der Waals surface area contributed by atoms with Crippen LogP contribution < -0.4 is 0 Å².